The van der Waals surface area contributed by atoms with Gasteiger partial charge in [-0.05, 0) is 63.5 Å². The molecule has 1 aliphatic heterocycles. The average Bonchev–Trinajstić information content (AvgIpc) is 2.56. The lowest BCUT2D eigenvalue weighted by Crippen LogP contribution is -2.43. The molecule has 0 aliphatic carbocycles. The van der Waals surface area contributed by atoms with Crippen molar-refractivity contribution in [1.29, 1.82) is 0 Å². The highest BCUT2D eigenvalue weighted by Crippen LogP contribution is 2.27. The fourth-order valence-electron chi connectivity index (χ4n) is 2.98. The summed E-state index contributed by atoms with van der Waals surface area (Å²) in [5, 5.41) is 5.87. The average molecular weight is 350 g/mol. The summed E-state index contributed by atoms with van der Waals surface area (Å²) in [6, 6.07) is 7.62. The summed E-state index contributed by atoms with van der Waals surface area (Å²) >= 11 is 1.57. The molecule has 2 N–H and O–H groups in total. The number of benzene rings is 1. The van der Waals surface area contributed by atoms with Gasteiger partial charge in [0.25, 0.3) is 0 Å². The molecular formula is C18H27N3O2S. The maximum absolute atomic E-state index is 12.6. The number of amides is 2. The molecule has 1 saturated heterocycles. The third kappa shape index (κ3) is 5.53. The van der Waals surface area contributed by atoms with E-state index < -0.39 is 0 Å². The molecule has 0 aromatic heterocycles. The van der Waals surface area contributed by atoms with Crippen molar-refractivity contribution in [3.63, 3.8) is 0 Å². The van der Waals surface area contributed by atoms with Crippen LogP contribution in [0.3, 0.4) is 0 Å². The Morgan fingerprint density at radius 1 is 1.25 bits per heavy atom. The predicted molar refractivity (Wildman–Crippen MR) is 99.3 cm³/mol. The Bertz CT molecular complexity index is 554. The molecule has 1 aromatic rings. The molecule has 1 fully saturated rings. The van der Waals surface area contributed by atoms with E-state index >= 15 is 0 Å². The lowest BCUT2D eigenvalue weighted by molar-refractivity contribution is -0.131. The molecule has 0 bridgehead atoms. The summed E-state index contributed by atoms with van der Waals surface area (Å²) in [7, 11) is 1.98. The van der Waals surface area contributed by atoms with Crippen LogP contribution in [0.4, 0.5) is 5.69 Å². The number of nitrogens with zero attached hydrogens (tertiary/aromatic N) is 1. The fraction of sp³-hybridized carbons (Fsp3) is 0.556. The molecule has 0 saturated carbocycles. The Labute approximate surface area is 148 Å². The summed E-state index contributed by atoms with van der Waals surface area (Å²) in [5.74, 6) is 0.817. The molecule has 0 spiro atoms. The highest BCUT2D eigenvalue weighted by atomic mass is 32.2. The number of rotatable bonds is 6. The third-order valence-electron chi connectivity index (χ3n) is 4.25. The smallest absolute Gasteiger partial charge is 0.235 e. The van der Waals surface area contributed by atoms with E-state index in [9.17, 15) is 9.59 Å². The minimum Gasteiger partial charge on any atom is -0.342 e. The van der Waals surface area contributed by atoms with Crippen molar-refractivity contribution in [3.8, 4) is 0 Å². The highest BCUT2D eigenvalue weighted by molar-refractivity contribution is 8.00. The summed E-state index contributed by atoms with van der Waals surface area (Å²) in [4.78, 5) is 26.7. The van der Waals surface area contributed by atoms with Crippen LogP contribution in [0.25, 0.3) is 0 Å². The maximum atomic E-state index is 12.6. The van der Waals surface area contributed by atoms with Crippen molar-refractivity contribution in [2.45, 2.75) is 36.8 Å². The van der Waals surface area contributed by atoms with Crippen molar-refractivity contribution in [2.75, 3.05) is 32.0 Å². The summed E-state index contributed by atoms with van der Waals surface area (Å²) < 4.78 is 0. The van der Waals surface area contributed by atoms with Crippen molar-refractivity contribution in [3.05, 3.63) is 24.3 Å². The van der Waals surface area contributed by atoms with Gasteiger partial charge in [0.05, 0.1) is 5.25 Å². The van der Waals surface area contributed by atoms with E-state index in [-0.39, 0.29) is 17.1 Å². The van der Waals surface area contributed by atoms with E-state index in [4.69, 9.17) is 0 Å². The van der Waals surface area contributed by atoms with Crippen LogP contribution < -0.4 is 10.6 Å². The molecule has 1 aliphatic rings. The molecule has 1 atom stereocenters. The van der Waals surface area contributed by atoms with Crippen LogP contribution in [0, 0.1) is 5.92 Å². The Balaban J connectivity index is 1.84. The van der Waals surface area contributed by atoms with E-state index in [1.165, 1.54) is 6.92 Å². The fourth-order valence-corrected chi connectivity index (χ4v) is 3.93. The van der Waals surface area contributed by atoms with Crippen LogP contribution in [0.5, 0.6) is 0 Å². The van der Waals surface area contributed by atoms with E-state index in [2.05, 4.69) is 10.6 Å². The normalized spacial score (nSPS) is 16.7. The minimum atomic E-state index is -0.0996. The van der Waals surface area contributed by atoms with Gasteiger partial charge in [0.15, 0.2) is 0 Å². The SMILES string of the molecule is CNCC1CCN(C(=O)C(C)Sc2ccc(NC(C)=O)cc2)CC1. The van der Waals surface area contributed by atoms with Gasteiger partial charge in [-0.25, -0.2) is 0 Å². The topological polar surface area (TPSA) is 61.4 Å². The lowest BCUT2D eigenvalue weighted by Gasteiger charge is -2.33. The van der Waals surface area contributed by atoms with Gasteiger partial charge in [-0.1, -0.05) is 0 Å². The minimum absolute atomic E-state index is 0.0828. The Morgan fingerprint density at radius 3 is 2.42 bits per heavy atom. The summed E-state index contributed by atoms with van der Waals surface area (Å²) in [5.41, 5.74) is 0.775. The third-order valence-corrected chi connectivity index (χ3v) is 5.35. The molecule has 2 rings (SSSR count). The van der Waals surface area contributed by atoms with Gasteiger partial charge < -0.3 is 15.5 Å². The maximum Gasteiger partial charge on any atom is 0.235 e. The van der Waals surface area contributed by atoms with Crippen molar-refractivity contribution in [1.82, 2.24) is 10.2 Å². The zero-order valence-electron chi connectivity index (χ0n) is 14.7. The Hall–Kier alpha value is -1.53. The first-order valence-corrected chi connectivity index (χ1v) is 9.35. The van der Waals surface area contributed by atoms with Gasteiger partial charge in [0, 0.05) is 30.6 Å². The number of nitrogens with one attached hydrogen (secondary N) is 2. The van der Waals surface area contributed by atoms with Crippen LogP contribution in [-0.4, -0.2) is 48.6 Å². The number of hydrogen-bond acceptors (Lipinski definition) is 4. The van der Waals surface area contributed by atoms with Crippen LogP contribution in [0.15, 0.2) is 29.2 Å². The second kappa shape index (κ2) is 9.08. The van der Waals surface area contributed by atoms with Crippen LogP contribution in [-0.2, 0) is 9.59 Å². The molecular weight excluding hydrogens is 322 g/mol. The van der Waals surface area contributed by atoms with Gasteiger partial charge in [-0.2, -0.15) is 0 Å². The quantitative estimate of drug-likeness (QED) is 0.775. The zero-order chi connectivity index (χ0) is 17.5. The number of piperidine rings is 1. The molecule has 5 nitrogen and oxygen atoms in total. The molecule has 1 heterocycles. The van der Waals surface area contributed by atoms with E-state index in [0.717, 1.165) is 43.1 Å². The molecule has 1 unspecified atom stereocenters. The first-order chi connectivity index (χ1) is 11.5. The van der Waals surface area contributed by atoms with Crippen molar-refractivity contribution in [2.24, 2.45) is 5.92 Å². The Morgan fingerprint density at radius 2 is 1.88 bits per heavy atom. The summed E-state index contributed by atoms with van der Waals surface area (Å²) in [6.07, 6.45) is 2.16. The van der Waals surface area contributed by atoms with E-state index in [1.807, 2.05) is 43.1 Å². The van der Waals surface area contributed by atoms with Crippen molar-refractivity contribution < 1.29 is 9.59 Å². The number of anilines is 1. The number of carbonyl (C=O) groups is 2. The van der Waals surface area contributed by atoms with Gasteiger partial charge in [-0.15, -0.1) is 11.8 Å². The second-order valence-corrected chi connectivity index (χ2v) is 7.71. The van der Waals surface area contributed by atoms with Crippen LogP contribution >= 0.6 is 11.8 Å². The predicted octanol–water partition coefficient (Wildman–Crippen LogP) is 2.58. The monoisotopic (exact) mass is 349 g/mol. The lowest BCUT2D eigenvalue weighted by atomic mass is 9.97. The molecule has 24 heavy (non-hydrogen) atoms. The van der Waals surface area contributed by atoms with E-state index in [1.54, 1.807) is 11.8 Å². The number of hydrogen-bond donors (Lipinski definition) is 2. The summed E-state index contributed by atoms with van der Waals surface area (Å²) in [6.45, 7) is 6.21. The largest absolute Gasteiger partial charge is 0.342 e. The molecule has 132 valence electrons. The van der Waals surface area contributed by atoms with Crippen LogP contribution in [0.1, 0.15) is 26.7 Å². The van der Waals surface area contributed by atoms with Crippen LogP contribution in [0.2, 0.25) is 0 Å². The van der Waals surface area contributed by atoms with Crippen molar-refractivity contribution >= 4 is 29.3 Å². The second-order valence-electron chi connectivity index (χ2n) is 6.29. The van der Waals surface area contributed by atoms with E-state index in [0.29, 0.717) is 5.92 Å². The first-order valence-electron chi connectivity index (χ1n) is 8.47. The number of likely N-dealkylation sites (tertiary alicyclic amines) is 1. The highest BCUT2D eigenvalue weighted by Gasteiger charge is 2.26. The van der Waals surface area contributed by atoms with Gasteiger partial charge >= 0.3 is 0 Å². The zero-order valence-corrected chi connectivity index (χ0v) is 15.5. The van der Waals surface area contributed by atoms with Gasteiger partial charge in [0.2, 0.25) is 11.8 Å². The molecule has 2 amide bonds. The standard InChI is InChI=1S/C18H27N3O2S/c1-13(18(23)21-10-8-15(9-11-21)12-19-3)24-17-6-4-16(5-7-17)20-14(2)22/h4-7,13,15,19H,8-12H2,1-3H3,(H,20,22). The Kier molecular flexibility index (Phi) is 7.12. The number of carbonyl (C=O) groups excluding carboxylic acids is 2. The first kappa shape index (κ1) is 18.8. The van der Waals surface area contributed by atoms with Gasteiger partial charge in [-0.3, -0.25) is 9.59 Å². The van der Waals surface area contributed by atoms with Gasteiger partial charge in [0.1, 0.15) is 0 Å². The molecule has 6 heteroatoms. The number of thioether (sulfide) groups is 1. The molecule has 1 aromatic carbocycles. The molecule has 0 radical (unpaired) electrons.